The van der Waals surface area contributed by atoms with E-state index in [9.17, 15) is 13.9 Å². The Bertz CT molecular complexity index is 261. The van der Waals surface area contributed by atoms with Gasteiger partial charge in [-0.05, 0) is 24.1 Å². The summed E-state index contributed by atoms with van der Waals surface area (Å²) in [5, 5.41) is 17.6. The summed E-state index contributed by atoms with van der Waals surface area (Å²) in [6.45, 7) is 6.37. The van der Waals surface area contributed by atoms with Crippen molar-refractivity contribution in [2.24, 2.45) is 5.41 Å². The van der Waals surface area contributed by atoms with Gasteiger partial charge in [0.1, 0.15) is 5.60 Å². The highest BCUT2D eigenvalue weighted by molar-refractivity contribution is 7.80. The van der Waals surface area contributed by atoms with Gasteiger partial charge in [0, 0.05) is 0 Å². The Hall–Kier alpha value is -0.290. The fourth-order valence-corrected chi connectivity index (χ4v) is 1.78. The molecule has 0 saturated carbocycles. The van der Waals surface area contributed by atoms with Crippen molar-refractivity contribution < 1.29 is 19.0 Å². The van der Waals surface area contributed by atoms with Crippen LogP contribution < -0.4 is 0 Å². The summed E-state index contributed by atoms with van der Waals surface area (Å²) in [4.78, 5) is 0. The van der Waals surface area contributed by atoms with Gasteiger partial charge in [-0.15, -0.1) is 0 Å². The van der Waals surface area contributed by atoms with Gasteiger partial charge in [0.15, 0.2) is 0 Å². The Morgan fingerprint density at radius 3 is 1.94 bits per heavy atom. The SMILES string of the molecule is CCCCC(O)(C(C)(C)C)C(F)(F)C(O)=S. The third-order valence-corrected chi connectivity index (χ3v) is 3.18. The first-order chi connectivity index (χ1) is 7.00. The van der Waals surface area contributed by atoms with E-state index in [4.69, 9.17) is 5.11 Å². The number of halogens is 2. The maximum absolute atomic E-state index is 13.8. The van der Waals surface area contributed by atoms with Crippen molar-refractivity contribution in [1.82, 2.24) is 0 Å². The summed E-state index contributed by atoms with van der Waals surface area (Å²) in [5.41, 5.74) is -3.39. The molecule has 0 fully saturated rings. The van der Waals surface area contributed by atoms with E-state index in [1.54, 1.807) is 0 Å². The van der Waals surface area contributed by atoms with Crippen molar-refractivity contribution in [1.29, 1.82) is 0 Å². The molecule has 0 saturated heterocycles. The smallest absolute Gasteiger partial charge is 0.342 e. The predicted octanol–water partition coefficient (Wildman–Crippen LogP) is 3.47. The van der Waals surface area contributed by atoms with E-state index in [0.717, 1.165) is 0 Å². The van der Waals surface area contributed by atoms with Crippen molar-refractivity contribution in [2.45, 2.75) is 58.5 Å². The van der Waals surface area contributed by atoms with E-state index < -0.39 is 22.0 Å². The lowest BCUT2D eigenvalue weighted by atomic mass is 9.70. The van der Waals surface area contributed by atoms with Crippen molar-refractivity contribution in [3.05, 3.63) is 0 Å². The molecule has 2 N–H and O–H groups in total. The topological polar surface area (TPSA) is 40.5 Å². The zero-order valence-electron chi connectivity index (χ0n) is 10.2. The third kappa shape index (κ3) is 2.69. The second kappa shape index (κ2) is 4.92. The quantitative estimate of drug-likeness (QED) is 0.738. The molecule has 96 valence electrons. The first kappa shape index (κ1) is 15.7. The van der Waals surface area contributed by atoms with Crippen LogP contribution in [0, 0.1) is 5.41 Å². The zero-order chi connectivity index (χ0) is 13.2. The average molecular weight is 254 g/mol. The highest BCUT2D eigenvalue weighted by Gasteiger charge is 2.61. The molecular weight excluding hydrogens is 234 g/mol. The minimum Gasteiger partial charge on any atom is -0.498 e. The number of aliphatic hydroxyl groups excluding tert-OH is 1. The molecule has 0 bridgehead atoms. The maximum atomic E-state index is 13.8. The molecule has 0 radical (unpaired) electrons. The van der Waals surface area contributed by atoms with Crippen LogP contribution in [0.5, 0.6) is 0 Å². The number of hydrogen-bond acceptors (Lipinski definition) is 2. The van der Waals surface area contributed by atoms with E-state index in [0.29, 0.717) is 12.8 Å². The van der Waals surface area contributed by atoms with Gasteiger partial charge in [-0.25, -0.2) is 0 Å². The number of alkyl halides is 2. The molecule has 2 nitrogen and oxygen atoms in total. The Balaban J connectivity index is 5.32. The summed E-state index contributed by atoms with van der Waals surface area (Å²) < 4.78 is 27.5. The summed E-state index contributed by atoms with van der Waals surface area (Å²) in [7, 11) is 0. The zero-order valence-corrected chi connectivity index (χ0v) is 11.0. The van der Waals surface area contributed by atoms with Crippen LogP contribution in [0.4, 0.5) is 8.78 Å². The van der Waals surface area contributed by atoms with Gasteiger partial charge in [0.2, 0.25) is 5.05 Å². The second-order valence-electron chi connectivity index (χ2n) is 5.09. The summed E-state index contributed by atoms with van der Waals surface area (Å²) in [6, 6.07) is 0. The Morgan fingerprint density at radius 2 is 1.69 bits per heavy atom. The monoisotopic (exact) mass is 254 g/mol. The normalized spacial score (nSPS) is 16.9. The van der Waals surface area contributed by atoms with Gasteiger partial charge in [0.25, 0.3) is 0 Å². The van der Waals surface area contributed by atoms with E-state index in [2.05, 4.69) is 12.2 Å². The molecule has 0 aliphatic heterocycles. The van der Waals surface area contributed by atoms with Crippen LogP contribution in [0.1, 0.15) is 47.0 Å². The second-order valence-corrected chi connectivity index (χ2v) is 5.48. The van der Waals surface area contributed by atoms with Crippen molar-refractivity contribution in [3.8, 4) is 0 Å². The molecule has 0 aromatic rings. The minimum absolute atomic E-state index is 0.0965. The molecule has 0 aliphatic carbocycles. The van der Waals surface area contributed by atoms with Crippen LogP contribution in [0.2, 0.25) is 0 Å². The third-order valence-electron chi connectivity index (χ3n) is 2.92. The van der Waals surface area contributed by atoms with Gasteiger partial charge >= 0.3 is 5.92 Å². The van der Waals surface area contributed by atoms with Crippen LogP contribution >= 0.6 is 12.2 Å². The van der Waals surface area contributed by atoms with Crippen LogP contribution in [0.25, 0.3) is 0 Å². The molecule has 0 spiro atoms. The van der Waals surface area contributed by atoms with Crippen LogP contribution in [-0.2, 0) is 0 Å². The van der Waals surface area contributed by atoms with Crippen LogP contribution in [0.15, 0.2) is 0 Å². The summed E-state index contributed by atoms with van der Waals surface area (Å²) in [6.07, 6.45) is 1.04. The largest absolute Gasteiger partial charge is 0.498 e. The number of rotatable bonds is 5. The van der Waals surface area contributed by atoms with Gasteiger partial charge in [-0.2, -0.15) is 8.78 Å². The average Bonchev–Trinajstić information content (AvgIpc) is 2.11. The number of unbranched alkanes of at least 4 members (excludes halogenated alkanes) is 1. The van der Waals surface area contributed by atoms with Crippen molar-refractivity contribution >= 4 is 17.3 Å². The van der Waals surface area contributed by atoms with Gasteiger partial charge < -0.3 is 10.2 Å². The van der Waals surface area contributed by atoms with Crippen molar-refractivity contribution in [2.75, 3.05) is 0 Å². The lowest BCUT2D eigenvalue weighted by Gasteiger charge is -2.44. The van der Waals surface area contributed by atoms with E-state index in [1.165, 1.54) is 20.8 Å². The Morgan fingerprint density at radius 1 is 1.25 bits per heavy atom. The first-order valence-corrected chi connectivity index (χ1v) is 5.75. The van der Waals surface area contributed by atoms with Gasteiger partial charge in [-0.3, -0.25) is 0 Å². The molecule has 0 amide bonds. The molecule has 0 aliphatic rings. The fourth-order valence-electron chi connectivity index (χ4n) is 1.61. The predicted molar refractivity (Wildman–Crippen MR) is 64.1 cm³/mol. The molecule has 16 heavy (non-hydrogen) atoms. The highest BCUT2D eigenvalue weighted by Crippen LogP contribution is 2.46. The Kier molecular flexibility index (Phi) is 4.83. The molecule has 0 aromatic heterocycles. The number of thiocarbonyl (C=S) groups is 1. The number of hydrogen-bond donors (Lipinski definition) is 2. The van der Waals surface area contributed by atoms with Gasteiger partial charge in [-0.1, -0.05) is 40.5 Å². The minimum atomic E-state index is -3.77. The molecule has 0 rings (SSSR count). The summed E-state index contributed by atoms with van der Waals surface area (Å²) in [5.74, 6) is -3.77. The molecule has 5 heteroatoms. The summed E-state index contributed by atoms with van der Waals surface area (Å²) >= 11 is 4.14. The molecule has 1 unspecified atom stereocenters. The molecule has 0 aromatic carbocycles. The fraction of sp³-hybridized carbons (Fsp3) is 0.909. The Labute approximate surface area is 101 Å². The van der Waals surface area contributed by atoms with E-state index >= 15 is 0 Å². The maximum Gasteiger partial charge on any atom is 0.342 e. The van der Waals surface area contributed by atoms with E-state index in [1.807, 2.05) is 6.92 Å². The van der Waals surface area contributed by atoms with E-state index in [-0.39, 0.29) is 6.42 Å². The van der Waals surface area contributed by atoms with Crippen molar-refractivity contribution in [3.63, 3.8) is 0 Å². The highest BCUT2D eigenvalue weighted by atomic mass is 32.1. The number of aliphatic hydroxyl groups is 2. The standard InChI is InChI=1S/C11H20F2O2S/c1-5-6-7-10(15,9(2,3)4)11(12,13)8(14)16/h15H,5-7H2,1-4H3,(H,14,16). The van der Waals surface area contributed by atoms with Gasteiger partial charge in [0.05, 0.1) is 0 Å². The molecule has 0 heterocycles. The molecular formula is C11H20F2O2S. The molecule has 1 atom stereocenters. The van der Waals surface area contributed by atoms with Crippen LogP contribution in [-0.4, -0.2) is 26.8 Å². The lowest BCUT2D eigenvalue weighted by molar-refractivity contribution is -0.200. The van der Waals surface area contributed by atoms with Crippen LogP contribution in [0.3, 0.4) is 0 Å². The first-order valence-electron chi connectivity index (χ1n) is 5.34. The lowest BCUT2D eigenvalue weighted by Crippen LogP contribution is -2.60.